The third kappa shape index (κ3) is 25.7. The van der Waals surface area contributed by atoms with Crippen LogP contribution in [0, 0.1) is 17.8 Å². The van der Waals surface area contributed by atoms with Crippen molar-refractivity contribution in [3.63, 3.8) is 0 Å². The van der Waals surface area contributed by atoms with Crippen molar-refractivity contribution in [1.82, 2.24) is 47.9 Å². The minimum Gasteiger partial charge on any atom is -0.370 e. The third-order valence-corrected chi connectivity index (χ3v) is 8.75. The Morgan fingerprint density at radius 2 is 0.919 bits per heavy atom. The molecule has 0 aromatic carbocycles. The molecule has 5 atom stereocenters. The van der Waals surface area contributed by atoms with Crippen molar-refractivity contribution >= 4 is 65.0 Å². The number of rotatable bonds is 31. The lowest BCUT2D eigenvalue weighted by Gasteiger charge is -2.28. The summed E-state index contributed by atoms with van der Waals surface area (Å²) in [5.41, 5.74) is 21.7. The van der Waals surface area contributed by atoms with Crippen LogP contribution in [0.3, 0.4) is 0 Å². The molecular formula is C38H69N13O11. The highest BCUT2D eigenvalue weighted by Gasteiger charge is 2.32. The van der Waals surface area contributed by atoms with Gasteiger partial charge in [0, 0.05) is 6.42 Å². The summed E-state index contributed by atoms with van der Waals surface area (Å²) in [7, 11) is 0. The van der Waals surface area contributed by atoms with Gasteiger partial charge in [-0.05, 0) is 62.8 Å². The summed E-state index contributed by atoms with van der Waals surface area (Å²) in [5, 5.41) is 21.7. The largest absolute Gasteiger partial charge is 0.370 e. The van der Waals surface area contributed by atoms with Gasteiger partial charge < -0.3 is 70.8 Å². The molecule has 0 saturated carbocycles. The molecule has 352 valence electrons. The molecule has 0 spiro atoms. The molecule has 0 aromatic rings. The van der Waals surface area contributed by atoms with Crippen LogP contribution in [-0.4, -0.2) is 134 Å². The van der Waals surface area contributed by atoms with Gasteiger partial charge in [0.1, 0.15) is 24.2 Å². The van der Waals surface area contributed by atoms with E-state index in [9.17, 15) is 52.7 Å². The van der Waals surface area contributed by atoms with Gasteiger partial charge in [0.15, 0.2) is 0 Å². The Balaban J connectivity index is 5.50. The Kier molecular flexibility index (Phi) is 27.3. The van der Waals surface area contributed by atoms with E-state index in [1.54, 1.807) is 13.8 Å². The van der Waals surface area contributed by atoms with E-state index in [0.29, 0.717) is 25.8 Å². The molecule has 0 fully saturated rings. The van der Waals surface area contributed by atoms with E-state index in [1.165, 1.54) is 0 Å². The van der Waals surface area contributed by atoms with Crippen molar-refractivity contribution < 1.29 is 52.7 Å². The second-order valence-electron chi connectivity index (χ2n) is 15.9. The van der Waals surface area contributed by atoms with Crippen LogP contribution < -0.4 is 70.8 Å². The van der Waals surface area contributed by atoms with E-state index < -0.39 is 134 Å². The van der Waals surface area contributed by atoms with Gasteiger partial charge in [-0.1, -0.05) is 41.5 Å². The summed E-state index contributed by atoms with van der Waals surface area (Å²) in [5.74, 6) is -8.61. The highest BCUT2D eigenvalue weighted by atomic mass is 16.2. The highest BCUT2D eigenvalue weighted by Crippen LogP contribution is 2.10. The Morgan fingerprint density at radius 1 is 0.452 bits per heavy atom. The van der Waals surface area contributed by atoms with Gasteiger partial charge in [0.25, 0.3) is 0 Å². The summed E-state index contributed by atoms with van der Waals surface area (Å²) >= 11 is 0. The van der Waals surface area contributed by atoms with Crippen LogP contribution in [0.5, 0.6) is 0 Å². The number of carbonyl (C=O) groups is 11. The standard InChI is InChI=1S/C38H69N13O11/c1-20(2)13-23(40)34(58)46-17-30(55)43-16-29(54)44-18-31(56)49-25(10-11-27(41)52)35(59)47-19-32(57)48-24(9-7-8-12-39)37(61)51-33(22(5)6)38(62)50-26(14-21(3)4)36(60)45-15-28(42)53/h20-26,33H,7-19,39-40H2,1-6H3,(H2,41,52)(H2,42,53)(H,43,55)(H,44,54)(H,45,60)(H,46,58)(H,47,59)(H,48,57)(H,49,56)(H,50,62)(H,51,61)/t23-,24-,25-,26-,33-/m0/s1. The van der Waals surface area contributed by atoms with E-state index in [4.69, 9.17) is 22.9 Å². The second kappa shape index (κ2) is 30.2. The number of nitrogens with one attached hydrogen (secondary N) is 9. The van der Waals surface area contributed by atoms with Crippen LogP contribution in [0.4, 0.5) is 0 Å². The minimum absolute atomic E-state index is 0.0432. The summed E-state index contributed by atoms with van der Waals surface area (Å²) in [4.78, 5) is 138. The molecule has 0 aliphatic heterocycles. The van der Waals surface area contributed by atoms with Gasteiger partial charge in [0.05, 0.1) is 38.8 Å². The lowest BCUT2D eigenvalue weighted by atomic mass is 9.99. The van der Waals surface area contributed by atoms with Gasteiger partial charge in [0.2, 0.25) is 65.0 Å². The van der Waals surface area contributed by atoms with Gasteiger partial charge in [-0.25, -0.2) is 0 Å². The Hall–Kier alpha value is -5.91. The second-order valence-corrected chi connectivity index (χ2v) is 15.9. The average Bonchev–Trinajstić information content (AvgIpc) is 3.18. The van der Waals surface area contributed by atoms with E-state index in [1.807, 2.05) is 27.7 Å². The quantitative estimate of drug-likeness (QED) is 0.0290. The van der Waals surface area contributed by atoms with E-state index in [0.717, 1.165) is 0 Å². The highest BCUT2D eigenvalue weighted by molar-refractivity contribution is 5.96. The van der Waals surface area contributed by atoms with E-state index in [2.05, 4.69) is 47.9 Å². The molecule has 0 aromatic heterocycles. The van der Waals surface area contributed by atoms with E-state index in [-0.39, 0.29) is 37.5 Å². The molecular weight excluding hydrogens is 814 g/mol. The predicted molar refractivity (Wildman–Crippen MR) is 225 cm³/mol. The van der Waals surface area contributed by atoms with Gasteiger partial charge in [-0.15, -0.1) is 0 Å². The fraction of sp³-hybridized carbons (Fsp3) is 0.711. The van der Waals surface area contributed by atoms with Crippen molar-refractivity contribution in [2.24, 2.45) is 40.7 Å². The molecule has 62 heavy (non-hydrogen) atoms. The zero-order chi connectivity index (χ0) is 47.5. The lowest BCUT2D eigenvalue weighted by Crippen LogP contribution is -2.59. The van der Waals surface area contributed by atoms with Crippen molar-refractivity contribution in [1.29, 1.82) is 0 Å². The molecule has 0 unspecified atom stereocenters. The average molecular weight is 884 g/mol. The van der Waals surface area contributed by atoms with Gasteiger partial charge in [-0.3, -0.25) is 52.7 Å². The smallest absolute Gasteiger partial charge is 0.243 e. The third-order valence-electron chi connectivity index (χ3n) is 8.75. The molecule has 11 amide bonds. The summed E-state index contributed by atoms with van der Waals surface area (Å²) in [6.07, 6.45) is 0.982. The van der Waals surface area contributed by atoms with Crippen LogP contribution in [-0.2, 0) is 52.7 Å². The number of carbonyl (C=O) groups excluding carboxylic acids is 11. The summed E-state index contributed by atoms with van der Waals surface area (Å²) in [6, 6.07) is -5.61. The molecule has 0 heterocycles. The van der Waals surface area contributed by atoms with Crippen molar-refractivity contribution in [3.05, 3.63) is 0 Å². The fourth-order valence-electron chi connectivity index (χ4n) is 5.55. The first-order chi connectivity index (χ1) is 29.0. The summed E-state index contributed by atoms with van der Waals surface area (Å²) in [6.45, 7) is 8.27. The number of unbranched alkanes of at least 4 members (excludes halogenated alkanes) is 1. The zero-order valence-electron chi connectivity index (χ0n) is 36.6. The zero-order valence-corrected chi connectivity index (χ0v) is 36.6. The SMILES string of the molecule is CC(C)C[C@H](NC(=O)[C@@H](NC(=O)[C@H](CCCCN)NC(=O)CNC(=O)[C@H](CCC(N)=O)NC(=O)CNC(=O)CNC(=O)CNC(=O)[C@@H](N)CC(C)C)C(C)C)C(=O)NCC(N)=O. The molecule has 24 nitrogen and oxygen atoms in total. The first-order valence-electron chi connectivity index (χ1n) is 20.5. The molecule has 0 radical (unpaired) electrons. The van der Waals surface area contributed by atoms with Gasteiger partial charge >= 0.3 is 0 Å². The lowest BCUT2D eigenvalue weighted by molar-refractivity contribution is -0.135. The minimum atomic E-state index is -1.39. The van der Waals surface area contributed by atoms with Crippen LogP contribution in [0.25, 0.3) is 0 Å². The van der Waals surface area contributed by atoms with Crippen molar-refractivity contribution in [2.75, 3.05) is 39.3 Å². The first-order valence-corrected chi connectivity index (χ1v) is 20.5. The number of hydrogen-bond donors (Lipinski definition) is 13. The molecule has 17 N–H and O–H groups in total. The molecule has 24 heteroatoms. The topological polar surface area (TPSA) is 400 Å². The maximum absolute atomic E-state index is 13.6. The van der Waals surface area contributed by atoms with Crippen LogP contribution in [0.2, 0.25) is 0 Å². The fourth-order valence-corrected chi connectivity index (χ4v) is 5.55. The molecule has 0 saturated heterocycles. The van der Waals surface area contributed by atoms with E-state index >= 15 is 0 Å². The Labute approximate surface area is 361 Å². The predicted octanol–water partition coefficient (Wildman–Crippen LogP) is -5.54. The first kappa shape index (κ1) is 56.1. The number of primary amides is 2. The Bertz CT molecular complexity index is 1560. The molecule has 0 bridgehead atoms. The van der Waals surface area contributed by atoms with Crippen LogP contribution in [0.1, 0.15) is 86.5 Å². The maximum Gasteiger partial charge on any atom is 0.243 e. The van der Waals surface area contributed by atoms with Gasteiger partial charge in [-0.2, -0.15) is 0 Å². The number of hydrogen-bond acceptors (Lipinski definition) is 13. The molecule has 0 rings (SSSR count). The van der Waals surface area contributed by atoms with Crippen molar-refractivity contribution in [3.8, 4) is 0 Å². The number of amides is 11. The molecule has 0 aliphatic rings. The molecule has 0 aliphatic carbocycles. The normalized spacial score (nSPS) is 13.3. The Morgan fingerprint density at radius 3 is 1.42 bits per heavy atom. The number of nitrogens with two attached hydrogens (primary N) is 4. The van der Waals surface area contributed by atoms with Crippen molar-refractivity contribution in [2.45, 2.75) is 117 Å². The maximum atomic E-state index is 13.6. The monoisotopic (exact) mass is 884 g/mol. The van der Waals surface area contributed by atoms with Crippen LogP contribution >= 0.6 is 0 Å². The summed E-state index contributed by atoms with van der Waals surface area (Å²) < 4.78 is 0. The van der Waals surface area contributed by atoms with Crippen LogP contribution in [0.15, 0.2) is 0 Å².